The number of carbonyl (C=O) groups is 1. The van der Waals surface area contributed by atoms with Gasteiger partial charge in [0.2, 0.25) is 4.38 Å². The second kappa shape index (κ2) is 12.0. The third-order valence-electron chi connectivity index (χ3n) is 1.16. The maximum Gasteiger partial charge on any atom is 0.313 e. The van der Waals surface area contributed by atoms with E-state index in [1.807, 2.05) is 6.92 Å². The highest BCUT2D eigenvalue weighted by atomic mass is 32.2. The van der Waals surface area contributed by atoms with Crippen molar-refractivity contribution in [3.8, 4) is 0 Å². The molecule has 0 unspecified atom stereocenters. The molecule has 0 atom stereocenters. The highest BCUT2D eigenvalue weighted by Gasteiger charge is 2.04. The highest BCUT2D eigenvalue weighted by Crippen LogP contribution is 2.07. The molecule has 0 saturated carbocycles. The van der Waals surface area contributed by atoms with Crippen molar-refractivity contribution in [3.63, 3.8) is 0 Å². The first-order valence-electron chi connectivity index (χ1n) is 4.80. The number of carboxylic acid groups (broad SMARTS) is 1. The van der Waals surface area contributed by atoms with E-state index in [0.717, 1.165) is 0 Å². The standard InChI is InChI=1S/C6H12O4S3.C2H4O2S/c1-2-10-6(11)12-4-3-5-13(7,8)9;3-2(4)1-5/h2-5H2,1H3,(H,7,8,9);5H,1H2,(H,3,4). The van der Waals surface area contributed by atoms with Gasteiger partial charge in [-0.2, -0.15) is 21.0 Å². The number of rotatable bonds is 6. The summed E-state index contributed by atoms with van der Waals surface area (Å²) in [4.78, 5) is 9.29. The molecule has 0 aliphatic heterocycles. The molecule has 0 heterocycles. The van der Waals surface area contributed by atoms with E-state index in [-0.39, 0.29) is 11.5 Å². The molecule has 0 radical (unpaired) electrons. The molecule has 0 rings (SSSR count). The summed E-state index contributed by atoms with van der Waals surface area (Å²) in [6.45, 7) is 2.34. The number of ether oxygens (including phenoxy) is 1. The minimum atomic E-state index is -3.83. The Morgan fingerprint density at radius 2 is 2.00 bits per heavy atom. The summed E-state index contributed by atoms with van der Waals surface area (Å²) >= 11 is 9.48. The van der Waals surface area contributed by atoms with E-state index in [0.29, 0.717) is 23.2 Å². The Morgan fingerprint density at radius 1 is 1.50 bits per heavy atom. The van der Waals surface area contributed by atoms with Gasteiger partial charge in [-0.25, -0.2) is 0 Å². The summed E-state index contributed by atoms with van der Waals surface area (Å²) in [5, 5.41) is 7.65. The molecule has 0 aliphatic carbocycles. The van der Waals surface area contributed by atoms with E-state index < -0.39 is 16.1 Å². The molecule has 2 N–H and O–H groups in total. The average molecular weight is 336 g/mol. The number of aliphatic carboxylic acids is 1. The van der Waals surface area contributed by atoms with Crippen LogP contribution in [0.2, 0.25) is 0 Å². The third kappa shape index (κ3) is 21.3. The maximum atomic E-state index is 10.3. The van der Waals surface area contributed by atoms with Gasteiger partial charge < -0.3 is 9.84 Å². The molecule has 0 bridgehead atoms. The van der Waals surface area contributed by atoms with Gasteiger partial charge in [-0.3, -0.25) is 9.35 Å². The normalized spacial score (nSPS) is 10.2. The van der Waals surface area contributed by atoms with Crippen LogP contribution >= 0.6 is 36.6 Å². The fourth-order valence-electron chi connectivity index (χ4n) is 0.556. The largest absolute Gasteiger partial charge is 0.481 e. The third-order valence-corrected chi connectivity index (χ3v) is 3.56. The van der Waals surface area contributed by atoms with Crippen LogP contribution in [0, 0.1) is 0 Å². The molecule has 0 aliphatic rings. The Hall–Kier alpha value is -0.0300. The van der Waals surface area contributed by atoms with Crippen LogP contribution in [0.3, 0.4) is 0 Å². The van der Waals surface area contributed by atoms with Crippen LogP contribution < -0.4 is 0 Å². The lowest BCUT2D eigenvalue weighted by Crippen LogP contribution is -2.05. The van der Waals surface area contributed by atoms with Crippen molar-refractivity contribution in [1.82, 2.24) is 0 Å². The Balaban J connectivity index is 0. The zero-order valence-corrected chi connectivity index (χ0v) is 13.1. The van der Waals surface area contributed by atoms with Gasteiger partial charge in [-0.15, -0.1) is 0 Å². The SMILES string of the molecule is CCOC(=S)SCCCS(=O)(=O)O.O=C(O)CS. The molecule has 10 heteroatoms. The topological polar surface area (TPSA) is 101 Å². The summed E-state index contributed by atoms with van der Waals surface area (Å²) in [7, 11) is -3.83. The van der Waals surface area contributed by atoms with E-state index in [9.17, 15) is 13.2 Å². The predicted molar refractivity (Wildman–Crippen MR) is 79.2 cm³/mol. The van der Waals surface area contributed by atoms with E-state index in [1.54, 1.807) is 0 Å². The second-order valence-corrected chi connectivity index (χ2v) is 6.31. The molecule has 0 fully saturated rings. The lowest BCUT2D eigenvalue weighted by molar-refractivity contribution is -0.133. The van der Waals surface area contributed by atoms with Crippen LogP contribution in [0.15, 0.2) is 0 Å². The molecule has 0 saturated heterocycles. The summed E-state index contributed by atoms with van der Waals surface area (Å²) in [6, 6.07) is 0. The summed E-state index contributed by atoms with van der Waals surface area (Å²) in [5.41, 5.74) is 0. The zero-order valence-electron chi connectivity index (χ0n) is 9.73. The smallest absolute Gasteiger partial charge is 0.313 e. The minimum absolute atomic E-state index is 0.0833. The zero-order chi connectivity index (χ0) is 14.6. The lowest BCUT2D eigenvalue weighted by atomic mass is 10.6. The van der Waals surface area contributed by atoms with Gasteiger partial charge in [0.25, 0.3) is 10.1 Å². The van der Waals surface area contributed by atoms with Crippen LogP contribution in [0.5, 0.6) is 0 Å². The van der Waals surface area contributed by atoms with Crippen molar-refractivity contribution in [2.45, 2.75) is 13.3 Å². The Bertz CT molecular complexity index is 339. The molecule has 0 aromatic rings. The first-order valence-corrected chi connectivity index (χ1v) is 8.43. The van der Waals surface area contributed by atoms with Crippen molar-refractivity contribution >= 4 is 57.1 Å². The van der Waals surface area contributed by atoms with Gasteiger partial charge in [0, 0.05) is 5.75 Å². The molecule has 108 valence electrons. The van der Waals surface area contributed by atoms with Crippen LogP contribution in [0.4, 0.5) is 0 Å². The van der Waals surface area contributed by atoms with Crippen LogP contribution in [-0.2, 0) is 19.6 Å². The first kappa shape index (κ1) is 20.3. The van der Waals surface area contributed by atoms with E-state index in [4.69, 9.17) is 26.6 Å². The molecule has 18 heavy (non-hydrogen) atoms. The number of hydrogen-bond donors (Lipinski definition) is 3. The van der Waals surface area contributed by atoms with Gasteiger partial charge in [-0.05, 0) is 25.6 Å². The Kier molecular flexibility index (Phi) is 13.6. The number of hydrogen-bond acceptors (Lipinski definition) is 7. The fourth-order valence-corrected chi connectivity index (χ4v) is 2.27. The quantitative estimate of drug-likeness (QED) is 0.289. The van der Waals surface area contributed by atoms with Gasteiger partial charge in [0.1, 0.15) is 0 Å². The van der Waals surface area contributed by atoms with Gasteiger partial charge >= 0.3 is 5.97 Å². The molecular formula is C8H16O6S4. The van der Waals surface area contributed by atoms with E-state index in [1.165, 1.54) is 11.8 Å². The molecule has 0 amide bonds. The van der Waals surface area contributed by atoms with Crippen molar-refractivity contribution < 1.29 is 27.6 Å². The molecule has 0 spiro atoms. The lowest BCUT2D eigenvalue weighted by Gasteiger charge is -2.02. The van der Waals surface area contributed by atoms with Crippen LogP contribution in [0.1, 0.15) is 13.3 Å². The summed E-state index contributed by atoms with van der Waals surface area (Å²) in [6.07, 6.45) is 0.372. The monoisotopic (exact) mass is 336 g/mol. The highest BCUT2D eigenvalue weighted by molar-refractivity contribution is 8.22. The van der Waals surface area contributed by atoms with Gasteiger partial charge in [0.05, 0.1) is 18.1 Å². The predicted octanol–water partition coefficient (Wildman–Crippen LogP) is 1.32. The molecule has 6 nitrogen and oxygen atoms in total. The Labute approximate surface area is 122 Å². The average Bonchev–Trinajstić information content (AvgIpc) is 2.24. The number of carboxylic acids is 1. The van der Waals surface area contributed by atoms with E-state index >= 15 is 0 Å². The molecule has 0 aromatic carbocycles. The van der Waals surface area contributed by atoms with Crippen LogP contribution in [-0.4, -0.2) is 52.3 Å². The molecule has 0 aromatic heterocycles. The van der Waals surface area contributed by atoms with Crippen molar-refractivity contribution in [3.05, 3.63) is 0 Å². The second-order valence-electron chi connectivity index (χ2n) is 2.72. The van der Waals surface area contributed by atoms with Crippen molar-refractivity contribution in [2.24, 2.45) is 0 Å². The first-order chi connectivity index (χ1) is 8.22. The van der Waals surface area contributed by atoms with Gasteiger partial charge in [0.15, 0.2) is 0 Å². The number of thiocarbonyl (C=S) groups is 1. The minimum Gasteiger partial charge on any atom is -0.481 e. The summed E-state index contributed by atoms with van der Waals surface area (Å²) in [5.74, 6) is -0.652. The number of thioether (sulfide) groups is 1. The van der Waals surface area contributed by atoms with Gasteiger partial charge in [-0.1, -0.05) is 11.8 Å². The summed E-state index contributed by atoms with van der Waals surface area (Å²) < 4.78 is 34.3. The molecular weight excluding hydrogens is 320 g/mol. The maximum absolute atomic E-state index is 10.3. The van der Waals surface area contributed by atoms with Crippen molar-refractivity contribution in [1.29, 1.82) is 0 Å². The fraction of sp³-hybridized carbons (Fsp3) is 0.750. The number of thiol groups is 1. The van der Waals surface area contributed by atoms with Crippen molar-refractivity contribution in [2.75, 3.05) is 23.9 Å². The van der Waals surface area contributed by atoms with E-state index in [2.05, 4.69) is 12.6 Å². The Morgan fingerprint density at radius 3 is 2.33 bits per heavy atom. The van der Waals surface area contributed by atoms with Crippen LogP contribution in [0.25, 0.3) is 0 Å².